The fraction of sp³-hybridized carbons (Fsp3) is 0.143. The lowest BCUT2D eigenvalue weighted by atomic mass is 10.2. The van der Waals surface area contributed by atoms with E-state index < -0.39 is 11.7 Å². The summed E-state index contributed by atoms with van der Waals surface area (Å²) in [6, 6.07) is 5.23. The standard InChI is InChI=1S/C7H5BrF3N/c8-12-6-4-2-1-3-5(6)7(9,10)11/h1-4,12H. The zero-order valence-electron chi connectivity index (χ0n) is 5.82. The van der Waals surface area contributed by atoms with E-state index in [9.17, 15) is 13.2 Å². The highest BCUT2D eigenvalue weighted by atomic mass is 79.9. The smallest absolute Gasteiger partial charge is 0.322 e. The Kier molecular flexibility index (Phi) is 2.62. The Hall–Kier alpha value is -0.710. The molecule has 0 unspecified atom stereocenters. The number of nitrogens with one attached hydrogen (secondary N) is 1. The summed E-state index contributed by atoms with van der Waals surface area (Å²) in [5.74, 6) is 0. The van der Waals surface area contributed by atoms with E-state index in [2.05, 4.69) is 20.5 Å². The number of hydrogen-bond donors (Lipinski definition) is 1. The van der Waals surface area contributed by atoms with Crippen molar-refractivity contribution in [1.82, 2.24) is 0 Å². The summed E-state index contributed by atoms with van der Waals surface area (Å²) in [7, 11) is 0. The average molecular weight is 240 g/mol. The lowest BCUT2D eigenvalue weighted by Gasteiger charge is -2.10. The van der Waals surface area contributed by atoms with Crippen molar-refractivity contribution in [3.05, 3.63) is 29.8 Å². The molecule has 0 fully saturated rings. The number of halogens is 4. The van der Waals surface area contributed by atoms with E-state index in [1.165, 1.54) is 18.2 Å². The first-order valence-corrected chi connectivity index (χ1v) is 3.88. The lowest BCUT2D eigenvalue weighted by molar-refractivity contribution is -0.136. The first kappa shape index (κ1) is 9.38. The third kappa shape index (κ3) is 1.91. The summed E-state index contributed by atoms with van der Waals surface area (Å²) in [6.07, 6.45) is -4.31. The van der Waals surface area contributed by atoms with Gasteiger partial charge in [-0.1, -0.05) is 12.1 Å². The number of alkyl halides is 3. The summed E-state index contributed by atoms with van der Waals surface area (Å²) in [5.41, 5.74) is -0.660. The van der Waals surface area contributed by atoms with Gasteiger partial charge >= 0.3 is 6.18 Å². The maximum absolute atomic E-state index is 12.2. The Labute approximate surface area is 75.9 Å². The van der Waals surface area contributed by atoms with Crippen LogP contribution in [0.15, 0.2) is 24.3 Å². The first-order chi connectivity index (χ1) is 5.55. The Balaban J connectivity index is 3.14. The van der Waals surface area contributed by atoms with Gasteiger partial charge in [0.25, 0.3) is 0 Å². The second kappa shape index (κ2) is 3.35. The molecule has 0 saturated heterocycles. The lowest BCUT2D eigenvalue weighted by Crippen LogP contribution is -2.06. The van der Waals surface area contributed by atoms with Crippen molar-refractivity contribution in [3.8, 4) is 0 Å². The van der Waals surface area contributed by atoms with Crippen molar-refractivity contribution in [2.75, 3.05) is 4.34 Å². The molecule has 0 aliphatic heterocycles. The van der Waals surface area contributed by atoms with Crippen molar-refractivity contribution in [2.45, 2.75) is 6.18 Å². The van der Waals surface area contributed by atoms with Gasteiger partial charge in [0.15, 0.2) is 0 Å². The number of anilines is 1. The molecule has 0 bridgehead atoms. The van der Waals surface area contributed by atoms with Crippen LogP contribution in [0.4, 0.5) is 18.9 Å². The molecule has 1 nitrogen and oxygen atoms in total. The van der Waals surface area contributed by atoms with Gasteiger partial charge in [-0.3, -0.25) is 0 Å². The van der Waals surface area contributed by atoms with Gasteiger partial charge < -0.3 is 4.34 Å². The molecule has 0 radical (unpaired) electrons. The fourth-order valence-corrected chi connectivity index (χ4v) is 1.16. The molecule has 0 atom stereocenters. The molecule has 1 aromatic carbocycles. The van der Waals surface area contributed by atoms with E-state index in [4.69, 9.17) is 0 Å². The fourth-order valence-electron chi connectivity index (χ4n) is 0.813. The maximum atomic E-state index is 12.2. The minimum absolute atomic E-state index is 0.0185. The Morgan fingerprint density at radius 1 is 1.17 bits per heavy atom. The zero-order valence-corrected chi connectivity index (χ0v) is 7.41. The zero-order chi connectivity index (χ0) is 9.19. The largest absolute Gasteiger partial charge is 0.418 e. The monoisotopic (exact) mass is 239 g/mol. The third-order valence-electron chi connectivity index (χ3n) is 1.33. The van der Waals surface area contributed by atoms with Crippen molar-refractivity contribution >= 4 is 21.8 Å². The van der Waals surface area contributed by atoms with E-state index in [1.54, 1.807) is 0 Å². The molecule has 0 spiro atoms. The molecule has 0 aromatic heterocycles. The van der Waals surface area contributed by atoms with Crippen LogP contribution in [-0.2, 0) is 6.18 Å². The van der Waals surface area contributed by atoms with Gasteiger partial charge in [-0.25, -0.2) is 0 Å². The van der Waals surface area contributed by atoms with E-state index >= 15 is 0 Å². The molecule has 0 saturated carbocycles. The van der Waals surface area contributed by atoms with E-state index in [-0.39, 0.29) is 5.69 Å². The average Bonchev–Trinajstić information content (AvgIpc) is 2.03. The summed E-state index contributed by atoms with van der Waals surface area (Å²) >= 11 is 2.75. The van der Waals surface area contributed by atoms with E-state index in [0.717, 1.165) is 6.07 Å². The predicted molar refractivity (Wildman–Crippen MR) is 44.0 cm³/mol. The van der Waals surface area contributed by atoms with Gasteiger partial charge in [-0.05, 0) is 12.1 Å². The number of benzene rings is 1. The molecule has 0 amide bonds. The molecular weight excluding hydrogens is 235 g/mol. The predicted octanol–water partition coefficient (Wildman–Crippen LogP) is 3.43. The van der Waals surface area contributed by atoms with E-state index in [1.807, 2.05) is 0 Å². The number of rotatable bonds is 1. The van der Waals surface area contributed by atoms with Crippen molar-refractivity contribution in [3.63, 3.8) is 0 Å². The van der Waals surface area contributed by atoms with Crippen LogP contribution in [0.1, 0.15) is 5.56 Å². The van der Waals surface area contributed by atoms with Crippen LogP contribution < -0.4 is 4.34 Å². The van der Waals surface area contributed by atoms with Crippen LogP contribution in [0, 0.1) is 0 Å². The second-order valence-corrected chi connectivity index (χ2v) is 2.53. The summed E-state index contributed by atoms with van der Waals surface area (Å²) in [5, 5.41) is 0. The molecule has 1 N–H and O–H groups in total. The molecular formula is C7H5BrF3N. The van der Waals surface area contributed by atoms with Crippen LogP contribution >= 0.6 is 16.1 Å². The highest BCUT2D eigenvalue weighted by Crippen LogP contribution is 2.34. The minimum Gasteiger partial charge on any atom is -0.322 e. The van der Waals surface area contributed by atoms with Crippen LogP contribution in [0.5, 0.6) is 0 Å². The van der Waals surface area contributed by atoms with Crippen LogP contribution in [0.25, 0.3) is 0 Å². The number of hydrogen-bond acceptors (Lipinski definition) is 1. The highest BCUT2D eigenvalue weighted by Gasteiger charge is 2.32. The van der Waals surface area contributed by atoms with Gasteiger partial charge in [0, 0.05) is 16.1 Å². The SMILES string of the molecule is FC(F)(F)c1ccccc1NBr. The van der Waals surface area contributed by atoms with Crippen molar-refractivity contribution < 1.29 is 13.2 Å². The summed E-state index contributed by atoms with van der Waals surface area (Å²) < 4.78 is 38.8. The molecule has 0 heterocycles. The number of para-hydroxylation sites is 1. The van der Waals surface area contributed by atoms with Crippen LogP contribution in [0.2, 0.25) is 0 Å². The highest BCUT2D eigenvalue weighted by molar-refractivity contribution is 9.10. The normalized spacial score (nSPS) is 11.3. The Bertz CT molecular complexity index is 272. The van der Waals surface area contributed by atoms with Gasteiger partial charge in [0.1, 0.15) is 0 Å². The molecule has 5 heteroatoms. The van der Waals surface area contributed by atoms with Crippen molar-refractivity contribution in [2.24, 2.45) is 0 Å². The molecule has 0 aliphatic carbocycles. The van der Waals surface area contributed by atoms with E-state index in [0.29, 0.717) is 0 Å². The van der Waals surface area contributed by atoms with Crippen molar-refractivity contribution in [1.29, 1.82) is 0 Å². The topological polar surface area (TPSA) is 12.0 Å². The second-order valence-electron chi connectivity index (χ2n) is 2.14. The molecule has 1 aromatic rings. The summed E-state index contributed by atoms with van der Waals surface area (Å²) in [4.78, 5) is 0. The van der Waals surface area contributed by atoms with Gasteiger partial charge in [0.05, 0.1) is 11.3 Å². The Morgan fingerprint density at radius 2 is 1.75 bits per heavy atom. The molecule has 1 rings (SSSR count). The molecule has 66 valence electrons. The molecule has 0 aliphatic rings. The maximum Gasteiger partial charge on any atom is 0.418 e. The van der Waals surface area contributed by atoms with Gasteiger partial charge in [0.2, 0.25) is 0 Å². The molecule has 12 heavy (non-hydrogen) atoms. The van der Waals surface area contributed by atoms with Crippen LogP contribution in [0.3, 0.4) is 0 Å². The summed E-state index contributed by atoms with van der Waals surface area (Å²) in [6.45, 7) is 0. The third-order valence-corrected chi connectivity index (χ3v) is 1.76. The minimum atomic E-state index is -4.31. The first-order valence-electron chi connectivity index (χ1n) is 3.08. The van der Waals surface area contributed by atoms with Gasteiger partial charge in [-0.2, -0.15) is 13.2 Å². The Morgan fingerprint density at radius 3 is 2.17 bits per heavy atom. The quantitative estimate of drug-likeness (QED) is 0.741. The van der Waals surface area contributed by atoms with Gasteiger partial charge in [-0.15, -0.1) is 0 Å². The van der Waals surface area contributed by atoms with Crippen LogP contribution in [-0.4, -0.2) is 0 Å².